The van der Waals surface area contributed by atoms with Gasteiger partial charge in [0.05, 0.1) is 0 Å². The van der Waals surface area contributed by atoms with Crippen LogP contribution in [-0.2, 0) is 0 Å². The molecule has 0 aliphatic carbocycles. The van der Waals surface area contributed by atoms with Crippen molar-refractivity contribution in [3.63, 3.8) is 0 Å². The summed E-state index contributed by atoms with van der Waals surface area (Å²) in [4.78, 5) is 4.59. The molecule has 0 aliphatic rings. The number of nitrogens with zero attached hydrogens (tertiary/aromatic N) is 2. The Morgan fingerprint density at radius 1 is 0.812 bits per heavy atom. The van der Waals surface area contributed by atoms with Crippen LogP contribution in [0.4, 0.5) is 11.4 Å². The molecule has 0 aromatic heterocycles. The Balaban J connectivity index is 2.76. The second kappa shape index (κ2) is 6.41. The number of hydrogen-bond acceptors (Lipinski definition) is 2. The molecule has 1 aromatic carbocycles. The van der Waals surface area contributed by atoms with Crippen molar-refractivity contribution in [3.8, 4) is 0 Å². The quantitative estimate of drug-likeness (QED) is 0.725. The van der Waals surface area contributed by atoms with Crippen molar-refractivity contribution < 1.29 is 0 Å². The van der Waals surface area contributed by atoms with Crippen LogP contribution in [-0.4, -0.2) is 27.2 Å². The van der Waals surface area contributed by atoms with Gasteiger partial charge in [0.1, 0.15) is 0 Å². The highest BCUT2D eigenvalue weighted by molar-refractivity contribution is 5.55. The zero-order chi connectivity index (χ0) is 12.0. The molecule has 90 valence electrons. The lowest BCUT2D eigenvalue weighted by Gasteiger charge is -2.24. The SMILES string of the molecule is CCCN(CCC)c1ccc(N(C)C)cc1. The molecule has 0 N–H and O–H groups in total. The van der Waals surface area contributed by atoms with Gasteiger partial charge in [-0.05, 0) is 37.1 Å². The average molecular weight is 220 g/mol. The van der Waals surface area contributed by atoms with Crippen LogP contribution in [0.1, 0.15) is 26.7 Å². The summed E-state index contributed by atoms with van der Waals surface area (Å²) in [5.74, 6) is 0. The van der Waals surface area contributed by atoms with Crippen molar-refractivity contribution in [2.75, 3.05) is 37.0 Å². The summed E-state index contributed by atoms with van der Waals surface area (Å²) in [5, 5.41) is 0. The van der Waals surface area contributed by atoms with E-state index in [1.54, 1.807) is 0 Å². The minimum Gasteiger partial charge on any atom is -0.378 e. The van der Waals surface area contributed by atoms with E-state index in [-0.39, 0.29) is 0 Å². The molecule has 0 radical (unpaired) electrons. The molecule has 0 aliphatic heterocycles. The van der Waals surface area contributed by atoms with Gasteiger partial charge in [-0.2, -0.15) is 0 Å². The molecule has 0 unspecified atom stereocenters. The normalized spacial score (nSPS) is 10.2. The summed E-state index contributed by atoms with van der Waals surface area (Å²) < 4.78 is 0. The van der Waals surface area contributed by atoms with E-state index in [0.717, 1.165) is 13.1 Å². The zero-order valence-corrected chi connectivity index (χ0v) is 11.0. The second-order valence-corrected chi connectivity index (χ2v) is 4.40. The largest absolute Gasteiger partial charge is 0.378 e. The molecule has 2 heteroatoms. The first-order chi connectivity index (χ1) is 7.69. The topological polar surface area (TPSA) is 6.48 Å². The molecular formula is C14H24N2. The van der Waals surface area contributed by atoms with Crippen LogP contribution in [0.5, 0.6) is 0 Å². The first-order valence-corrected chi connectivity index (χ1v) is 6.21. The minimum absolute atomic E-state index is 1.15. The van der Waals surface area contributed by atoms with Crippen LogP contribution >= 0.6 is 0 Å². The van der Waals surface area contributed by atoms with E-state index >= 15 is 0 Å². The predicted octanol–water partition coefficient (Wildman–Crippen LogP) is 3.38. The van der Waals surface area contributed by atoms with E-state index in [0.29, 0.717) is 0 Å². The van der Waals surface area contributed by atoms with Gasteiger partial charge in [-0.25, -0.2) is 0 Å². The fourth-order valence-electron chi connectivity index (χ4n) is 1.87. The summed E-state index contributed by atoms with van der Waals surface area (Å²) in [6.07, 6.45) is 2.41. The van der Waals surface area contributed by atoms with Crippen LogP contribution in [0, 0.1) is 0 Å². The summed E-state index contributed by atoms with van der Waals surface area (Å²) in [6.45, 7) is 6.76. The number of hydrogen-bond donors (Lipinski definition) is 0. The highest BCUT2D eigenvalue weighted by Gasteiger charge is 2.04. The Hall–Kier alpha value is -1.18. The summed E-state index contributed by atoms with van der Waals surface area (Å²) in [6, 6.07) is 8.82. The van der Waals surface area contributed by atoms with Gasteiger partial charge in [-0.1, -0.05) is 13.8 Å². The maximum Gasteiger partial charge on any atom is 0.0367 e. The van der Waals surface area contributed by atoms with Gasteiger partial charge in [0.2, 0.25) is 0 Å². The van der Waals surface area contributed by atoms with Crippen molar-refractivity contribution in [1.29, 1.82) is 0 Å². The molecule has 1 rings (SSSR count). The Morgan fingerprint density at radius 2 is 1.25 bits per heavy atom. The molecule has 0 spiro atoms. The average Bonchev–Trinajstić information content (AvgIpc) is 2.29. The van der Waals surface area contributed by atoms with Gasteiger partial charge >= 0.3 is 0 Å². The monoisotopic (exact) mass is 220 g/mol. The fourth-order valence-corrected chi connectivity index (χ4v) is 1.87. The van der Waals surface area contributed by atoms with Gasteiger partial charge in [-0.15, -0.1) is 0 Å². The van der Waals surface area contributed by atoms with E-state index in [4.69, 9.17) is 0 Å². The zero-order valence-electron chi connectivity index (χ0n) is 11.0. The van der Waals surface area contributed by atoms with Gasteiger partial charge in [-0.3, -0.25) is 0 Å². The molecule has 0 saturated heterocycles. The van der Waals surface area contributed by atoms with E-state index in [9.17, 15) is 0 Å². The van der Waals surface area contributed by atoms with Gasteiger partial charge in [0.25, 0.3) is 0 Å². The highest BCUT2D eigenvalue weighted by Crippen LogP contribution is 2.19. The third-order valence-corrected chi connectivity index (χ3v) is 2.72. The summed E-state index contributed by atoms with van der Waals surface area (Å²) >= 11 is 0. The summed E-state index contributed by atoms with van der Waals surface area (Å²) in [7, 11) is 4.15. The highest BCUT2D eigenvalue weighted by atomic mass is 15.1. The molecule has 0 bridgehead atoms. The Labute approximate surface area is 99.9 Å². The Bertz CT molecular complexity index is 284. The molecule has 0 amide bonds. The molecule has 0 heterocycles. The standard InChI is InChI=1S/C14H24N2/c1-5-11-16(12-6-2)14-9-7-13(8-10-14)15(3)4/h7-10H,5-6,11-12H2,1-4H3. The molecule has 16 heavy (non-hydrogen) atoms. The van der Waals surface area contributed by atoms with E-state index < -0.39 is 0 Å². The third-order valence-electron chi connectivity index (χ3n) is 2.72. The maximum absolute atomic E-state index is 2.46. The van der Waals surface area contributed by atoms with Crippen LogP contribution in [0.25, 0.3) is 0 Å². The molecular weight excluding hydrogens is 196 g/mol. The van der Waals surface area contributed by atoms with Crippen LogP contribution in [0.3, 0.4) is 0 Å². The smallest absolute Gasteiger partial charge is 0.0367 e. The van der Waals surface area contributed by atoms with Crippen molar-refractivity contribution in [2.24, 2.45) is 0 Å². The number of benzene rings is 1. The maximum atomic E-state index is 2.46. The van der Waals surface area contributed by atoms with Crippen LogP contribution < -0.4 is 9.80 Å². The van der Waals surface area contributed by atoms with E-state index in [2.05, 4.69) is 62.0 Å². The lowest BCUT2D eigenvalue weighted by Crippen LogP contribution is -2.24. The summed E-state index contributed by atoms with van der Waals surface area (Å²) in [5.41, 5.74) is 2.60. The number of anilines is 2. The van der Waals surface area contributed by atoms with Crippen molar-refractivity contribution in [3.05, 3.63) is 24.3 Å². The minimum atomic E-state index is 1.15. The Kier molecular flexibility index (Phi) is 5.17. The van der Waals surface area contributed by atoms with Crippen LogP contribution in [0.15, 0.2) is 24.3 Å². The lowest BCUT2D eigenvalue weighted by atomic mass is 10.2. The predicted molar refractivity (Wildman–Crippen MR) is 73.6 cm³/mol. The first-order valence-electron chi connectivity index (χ1n) is 6.21. The van der Waals surface area contributed by atoms with E-state index in [1.165, 1.54) is 24.2 Å². The molecule has 0 atom stereocenters. The van der Waals surface area contributed by atoms with Crippen molar-refractivity contribution in [2.45, 2.75) is 26.7 Å². The van der Waals surface area contributed by atoms with Crippen molar-refractivity contribution in [1.82, 2.24) is 0 Å². The number of rotatable bonds is 6. The fraction of sp³-hybridized carbons (Fsp3) is 0.571. The van der Waals surface area contributed by atoms with E-state index in [1.807, 2.05) is 0 Å². The van der Waals surface area contributed by atoms with Gasteiger partial charge in [0, 0.05) is 38.6 Å². The molecule has 2 nitrogen and oxygen atoms in total. The van der Waals surface area contributed by atoms with Crippen LogP contribution in [0.2, 0.25) is 0 Å². The van der Waals surface area contributed by atoms with Gasteiger partial charge in [0.15, 0.2) is 0 Å². The van der Waals surface area contributed by atoms with Crippen molar-refractivity contribution >= 4 is 11.4 Å². The lowest BCUT2D eigenvalue weighted by molar-refractivity contribution is 0.745. The molecule has 0 fully saturated rings. The van der Waals surface area contributed by atoms with Gasteiger partial charge < -0.3 is 9.80 Å². The first kappa shape index (κ1) is 12.9. The second-order valence-electron chi connectivity index (χ2n) is 4.40. The third kappa shape index (κ3) is 3.44. The molecule has 1 aromatic rings. The Morgan fingerprint density at radius 3 is 1.62 bits per heavy atom. The molecule has 0 saturated carbocycles.